The van der Waals surface area contributed by atoms with E-state index in [1.807, 2.05) is 12.1 Å². The van der Waals surface area contributed by atoms with Crippen LogP contribution in [0.25, 0.3) is 21.1 Å². The summed E-state index contributed by atoms with van der Waals surface area (Å²) in [5.74, 6) is 1.06. The molecular formula is C20H19N5O3S. The molecule has 1 aliphatic carbocycles. The maximum absolute atomic E-state index is 5.93. The van der Waals surface area contributed by atoms with Gasteiger partial charge in [0.25, 0.3) is 0 Å². The summed E-state index contributed by atoms with van der Waals surface area (Å²) in [6.07, 6.45) is 5.91. The lowest BCUT2D eigenvalue weighted by atomic mass is 9.92. The zero-order valence-corrected chi connectivity index (χ0v) is 16.6. The number of anilines is 2. The standard InChI is InChI=1S/C20H19N5O3S/c1-26-15-7-13-11(9-23-25-13)6-14(15)24-18-17-12-2-3-20(27-4-5-28-20)8-16(12)29-19(17)22-10-21-18/h6-7,9-10H,2-5,8H2,1H3,(H,23,25)(H,21,22,24). The number of nitrogens with one attached hydrogen (secondary N) is 2. The smallest absolute Gasteiger partial charge is 0.173 e. The van der Waals surface area contributed by atoms with Crippen molar-refractivity contribution in [3.63, 3.8) is 0 Å². The quantitative estimate of drug-likeness (QED) is 0.534. The highest BCUT2D eigenvalue weighted by atomic mass is 32.1. The molecule has 0 amide bonds. The average molecular weight is 409 g/mol. The summed E-state index contributed by atoms with van der Waals surface area (Å²) in [6, 6.07) is 3.95. The molecule has 148 valence electrons. The van der Waals surface area contributed by atoms with Gasteiger partial charge in [-0.05, 0) is 18.1 Å². The molecule has 1 fully saturated rings. The van der Waals surface area contributed by atoms with Gasteiger partial charge in [-0.2, -0.15) is 5.10 Å². The largest absolute Gasteiger partial charge is 0.494 e. The van der Waals surface area contributed by atoms with E-state index in [9.17, 15) is 0 Å². The van der Waals surface area contributed by atoms with Gasteiger partial charge in [0, 0.05) is 29.2 Å². The second-order valence-electron chi connectivity index (χ2n) is 7.33. The van der Waals surface area contributed by atoms with Crippen molar-refractivity contribution in [1.82, 2.24) is 20.2 Å². The summed E-state index contributed by atoms with van der Waals surface area (Å²) in [7, 11) is 1.66. The first-order valence-corrected chi connectivity index (χ1v) is 10.4. The lowest BCUT2D eigenvalue weighted by molar-refractivity contribution is -0.163. The van der Waals surface area contributed by atoms with Gasteiger partial charge in [-0.1, -0.05) is 0 Å². The third kappa shape index (κ3) is 2.69. The minimum Gasteiger partial charge on any atom is -0.494 e. The van der Waals surface area contributed by atoms with E-state index in [2.05, 4.69) is 25.5 Å². The first-order valence-electron chi connectivity index (χ1n) is 9.56. The Morgan fingerprint density at radius 1 is 1.24 bits per heavy atom. The number of nitrogens with zero attached hydrogens (tertiary/aromatic N) is 3. The SMILES string of the molecule is COc1cc2[nH]ncc2cc1Nc1ncnc2sc3c(c12)CCC1(C3)OCCO1. The zero-order valence-electron chi connectivity index (χ0n) is 15.8. The van der Waals surface area contributed by atoms with Crippen LogP contribution in [-0.2, 0) is 22.3 Å². The molecule has 0 radical (unpaired) electrons. The number of hydrogen-bond acceptors (Lipinski definition) is 8. The van der Waals surface area contributed by atoms with Crippen LogP contribution in [0.5, 0.6) is 5.75 Å². The van der Waals surface area contributed by atoms with Gasteiger partial charge in [0.15, 0.2) is 5.79 Å². The lowest BCUT2D eigenvalue weighted by Crippen LogP contribution is -2.36. The van der Waals surface area contributed by atoms with Crippen molar-refractivity contribution in [2.45, 2.75) is 25.0 Å². The highest BCUT2D eigenvalue weighted by Gasteiger charge is 2.41. The van der Waals surface area contributed by atoms with Crippen LogP contribution in [0, 0.1) is 0 Å². The number of thiophene rings is 1. The van der Waals surface area contributed by atoms with E-state index in [0.29, 0.717) is 13.2 Å². The summed E-state index contributed by atoms with van der Waals surface area (Å²) in [5.41, 5.74) is 3.06. The van der Waals surface area contributed by atoms with Crippen LogP contribution in [0.1, 0.15) is 16.9 Å². The number of aromatic amines is 1. The number of methoxy groups -OCH3 is 1. The fourth-order valence-electron chi connectivity index (χ4n) is 4.30. The molecule has 1 aliphatic heterocycles. The Balaban J connectivity index is 1.44. The molecule has 1 spiro atoms. The molecular weight excluding hydrogens is 390 g/mol. The van der Waals surface area contributed by atoms with Crippen LogP contribution in [0.4, 0.5) is 11.5 Å². The van der Waals surface area contributed by atoms with E-state index in [1.165, 1.54) is 10.4 Å². The first-order chi connectivity index (χ1) is 14.2. The number of aromatic nitrogens is 4. The molecule has 2 N–H and O–H groups in total. The van der Waals surface area contributed by atoms with Gasteiger partial charge in [0.05, 0.1) is 43.1 Å². The molecule has 4 heterocycles. The molecule has 4 aromatic rings. The van der Waals surface area contributed by atoms with Gasteiger partial charge in [-0.3, -0.25) is 5.10 Å². The van der Waals surface area contributed by atoms with Gasteiger partial charge in [0.2, 0.25) is 0 Å². The van der Waals surface area contributed by atoms with Crippen molar-refractivity contribution in [2.24, 2.45) is 0 Å². The second-order valence-corrected chi connectivity index (χ2v) is 8.41. The van der Waals surface area contributed by atoms with E-state index in [4.69, 9.17) is 14.2 Å². The Bertz CT molecular complexity index is 1230. The van der Waals surface area contributed by atoms with Gasteiger partial charge in [-0.25, -0.2) is 9.97 Å². The third-order valence-electron chi connectivity index (χ3n) is 5.68. The summed E-state index contributed by atoms with van der Waals surface area (Å²) in [5, 5.41) is 12.6. The number of H-pyrrole nitrogens is 1. The third-order valence-corrected chi connectivity index (χ3v) is 6.82. The van der Waals surface area contributed by atoms with Gasteiger partial charge in [0.1, 0.15) is 22.7 Å². The molecule has 2 aliphatic rings. The van der Waals surface area contributed by atoms with Crippen LogP contribution >= 0.6 is 11.3 Å². The molecule has 0 saturated carbocycles. The molecule has 0 bridgehead atoms. The number of aryl methyl sites for hydroxylation is 1. The van der Waals surface area contributed by atoms with Gasteiger partial charge < -0.3 is 19.5 Å². The van der Waals surface area contributed by atoms with Crippen LogP contribution in [-0.4, -0.2) is 46.3 Å². The maximum Gasteiger partial charge on any atom is 0.173 e. The van der Waals surface area contributed by atoms with Crippen LogP contribution < -0.4 is 10.1 Å². The van der Waals surface area contributed by atoms with Crippen molar-refractivity contribution >= 4 is 44.0 Å². The van der Waals surface area contributed by atoms with Crippen molar-refractivity contribution in [2.75, 3.05) is 25.6 Å². The van der Waals surface area contributed by atoms with E-state index < -0.39 is 5.79 Å². The highest BCUT2D eigenvalue weighted by Crippen LogP contribution is 2.44. The molecule has 1 aromatic carbocycles. The topological polar surface area (TPSA) is 94.2 Å². The van der Waals surface area contributed by atoms with E-state index in [-0.39, 0.29) is 0 Å². The Hall–Kier alpha value is -2.75. The summed E-state index contributed by atoms with van der Waals surface area (Å²) in [6.45, 7) is 1.34. The van der Waals surface area contributed by atoms with Crippen molar-refractivity contribution in [3.05, 3.63) is 35.1 Å². The maximum atomic E-state index is 5.93. The normalized spacial score (nSPS) is 17.8. The van der Waals surface area contributed by atoms with E-state index in [1.54, 1.807) is 31.0 Å². The predicted octanol–water partition coefficient (Wildman–Crippen LogP) is 3.55. The van der Waals surface area contributed by atoms with E-state index >= 15 is 0 Å². The highest BCUT2D eigenvalue weighted by molar-refractivity contribution is 7.19. The fourth-order valence-corrected chi connectivity index (χ4v) is 5.57. The Labute approximate surface area is 170 Å². The minimum atomic E-state index is -0.454. The molecule has 8 nitrogen and oxygen atoms in total. The lowest BCUT2D eigenvalue weighted by Gasteiger charge is -2.31. The number of fused-ring (bicyclic) bond motifs is 4. The zero-order chi connectivity index (χ0) is 19.4. The fraction of sp³-hybridized carbons (Fsp3) is 0.350. The van der Waals surface area contributed by atoms with Crippen LogP contribution in [0.15, 0.2) is 24.7 Å². The Morgan fingerprint density at radius 2 is 2.14 bits per heavy atom. The number of rotatable bonds is 3. The number of benzene rings is 1. The molecule has 3 aromatic heterocycles. The summed E-state index contributed by atoms with van der Waals surface area (Å²) in [4.78, 5) is 11.3. The van der Waals surface area contributed by atoms with Gasteiger partial charge >= 0.3 is 0 Å². The second kappa shape index (κ2) is 6.38. The van der Waals surface area contributed by atoms with Crippen molar-refractivity contribution in [3.8, 4) is 5.75 Å². The van der Waals surface area contributed by atoms with Crippen LogP contribution in [0.2, 0.25) is 0 Å². The molecule has 1 saturated heterocycles. The Morgan fingerprint density at radius 3 is 3.00 bits per heavy atom. The van der Waals surface area contributed by atoms with E-state index in [0.717, 1.165) is 57.6 Å². The monoisotopic (exact) mass is 409 g/mol. The molecule has 0 atom stereocenters. The number of hydrogen-bond donors (Lipinski definition) is 2. The van der Waals surface area contributed by atoms with Crippen molar-refractivity contribution < 1.29 is 14.2 Å². The first kappa shape index (κ1) is 17.1. The predicted molar refractivity (Wildman–Crippen MR) is 110 cm³/mol. The summed E-state index contributed by atoms with van der Waals surface area (Å²) < 4.78 is 17.4. The summed E-state index contributed by atoms with van der Waals surface area (Å²) >= 11 is 1.70. The molecule has 0 unspecified atom stereocenters. The van der Waals surface area contributed by atoms with Gasteiger partial charge in [-0.15, -0.1) is 11.3 Å². The molecule has 9 heteroatoms. The minimum absolute atomic E-state index is 0.454. The van der Waals surface area contributed by atoms with Crippen LogP contribution in [0.3, 0.4) is 0 Å². The van der Waals surface area contributed by atoms with Crippen molar-refractivity contribution in [1.29, 1.82) is 0 Å². The number of ether oxygens (including phenoxy) is 3. The Kier molecular flexibility index (Phi) is 3.77. The molecule has 6 rings (SSSR count). The molecule has 29 heavy (non-hydrogen) atoms. The average Bonchev–Trinajstić information content (AvgIpc) is 3.45.